The first-order chi connectivity index (χ1) is 12.7. The van der Waals surface area contributed by atoms with Gasteiger partial charge in [0.2, 0.25) is 0 Å². The molecular weight excluding hydrogens is 360 g/mol. The Balaban J connectivity index is 1.79. The number of carbonyl (C=O) groups is 3. The monoisotopic (exact) mass is 390 g/mol. The summed E-state index contributed by atoms with van der Waals surface area (Å²) in [6.07, 6.45) is 9.30. The van der Waals surface area contributed by atoms with Gasteiger partial charge in [0.05, 0.1) is 4.75 Å². The fourth-order valence-electron chi connectivity index (χ4n) is 7.15. The van der Waals surface area contributed by atoms with Crippen LogP contribution in [0.5, 0.6) is 0 Å². The van der Waals surface area contributed by atoms with Crippen LogP contribution >= 0.6 is 11.8 Å². The molecule has 0 heterocycles. The van der Waals surface area contributed by atoms with Crippen LogP contribution in [-0.2, 0) is 19.1 Å². The highest BCUT2D eigenvalue weighted by Gasteiger charge is 2.70. The van der Waals surface area contributed by atoms with Crippen molar-refractivity contribution in [3.8, 4) is 0 Å². The normalized spacial score (nSPS) is 46.2. The number of hydrogen-bond donors (Lipinski definition) is 0. The molecule has 0 aliphatic heterocycles. The van der Waals surface area contributed by atoms with E-state index in [9.17, 15) is 14.4 Å². The quantitative estimate of drug-likeness (QED) is 0.664. The fourth-order valence-corrected chi connectivity index (χ4v) is 8.72. The largest absolute Gasteiger partial charge is 0.462 e. The lowest BCUT2D eigenvalue weighted by molar-refractivity contribution is -0.161. The van der Waals surface area contributed by atoms with Crippen LogP contribution in [0.15, 0.2) is 11.6 Å². The van der Waals surface area contributed by atoms with Gasteiger partial charge in [0.1, 0.15) is 6.10 Å². The zero-order valence-electron chi connectivity index (χ0n) is 16.8. The number of thioether (sulfide) groups is 1. The molecular formula is C22H30O4S. The molecule has 0 saturated heterocycles. The van der Waals surface area contributed by atoms with Gasteiger partial charge >= 0.3 is 5.97 Å². The topological polar surface area (TPSA) is 60.4 Å². The van der Waals surface area contributed by atoms with Crippen LogP contribution in [0, 0.1) is 22.7 Å². The average Bonchev–Trinajstić information content (AvgIpc) is 2.90. The van der Waals surface area contributed by atoms with Gasteiger partial charge in [-0.3, -0.25) is 14.4 Å². The molecule has 0 N–H and O–H groups in total. The van der Waals surface area contributed by atoms with E-state index in [1.807, 2.05) is 6.08 Å². The zero-order chi connectivity index (χ0) is 19.6. The maximum absolute atomic E-state index is 13.8. The zero-order valence-corrected chi connectivity index (χ0v) is 17.6. The summed E-state index contributed by atoms with van der Waals surface area (Å²) in [5, 5.41) is 0. The second-order valence-corrected chi connectivity index (χ2v) is 10.5. The van der Waals surface area contributed by atoms with Crippen molar-refractivity contribution >= 4 is 29.3 Å². The summed E-state index contributed by atoms with van der Waals surface area (Å²) >= 11 is 1.72. The molecule has 3 saturated carbocycles. The van der Waals surface area contributed by atoms with Gasteiger partial charge < -0.3 is 4.74 Å². The number of allylic oxidation sites excluding steroid dienone is 1. The second kappa shape index (κ2) is 6.20. The van der Waals surface area contributed by atoms with Gasteiger partial charge in [-0.2, -0.15) is 0 Å². The molecule has 4 rings (SSSR count). The van der Waals surface area contributed by atoms with Gasteiger partial charge in [-0.15, -0.1) is 11.8 Å². The lowest BCUT2D eigenvalue weighted by atomic mass is 9.46. The van der Waals surface area contributed by atoms with Gasteiger partial charge in [0.15, 0.2) is 11.6 Å². The minimum absolute atomic E-state index is 0.151. The maximum atomic E-state index is 13.8. The Bertz CT molecular complexity index is 743. The molecule has 0 amide bonds. The molecule has 4 nitrogen and oxygen atoms in total. The third kappa shape index (κ3) is 2.39. The van der Waals surface area contributed by atoms with Crippen molar-refractivity contribution in [1.82, 2.24) is 0 Å². The van der Waals surface area contributed by atoms with Crippen molar-refractivity contribution in [3.05, 3.63) is 11.6 Å². The van der Waals surface area contributed by atoms with E-state index in [1.54, 1.807) is 11.8 Å². The summed E-state index contributed by atoms with van der Waals surface area (Å²) in [5.74, 6) is 0.946. The standard InChI is InChI=1S/C22H30O4S/c1-13(23)26-19-8-7-16-17-6-5-14-11-15(24)9-10-21(14,3)22(17,27-4)18(25)12-20(16,19)2/h11,16-17,19H,5-10,12H2,1-4H3/t16-,17-,19+,20-,21-,22-/m0/s1. The van der Waals surface area contributed by atoms with Crippen molar-refractivity contribution in [3.63, 3.8) is 0 Å². The molecule has 3 fully saturated rings. The highest BCUT2D eigenvalue weighted by atomic mass is 32.2. The van der Waals surface area contributed by atoms with Gasteiger partial charge in [0.25, 0.3) is 0 Å². The lowest BCUT2D eigenvalue weighted by Gasteiger charge is -2.63. The molecule has 0 aromatic heterocycles. The molecule has 4 aliphatic rings. The number of carbonyl (C=O) groups excluding carboxylic acids is 3. The predicted molar refractivity (Wildman–Crippen MR) is 105 cm³/mol. The molecule has 0 aromatic rings. The Kier molecular flexibility index (Phi) is 4.41. The van der Waals surface area contributed by atoms with Crippen molar-refractivity contribution in [2.45, 2.75) is 76.6 Å². The third-order valence-electron chi connectivity index (χ3n) is 8.38. The first-order valence-corrected chi connectivity index (χ1v) is 11.4. The van der Waals surface area contributed by atoms with Crippen molar-refractivity contribution in [1.29, 1.82) is 0 Å². The lowest BCUT2D eigenvalue weighted by Crippen LogP contribution is -2.66. The number of esters is 1. The van der Waals surface area contributed by atoms with Crippen LogP contribution in [0.2, 0.25) is 0 Å². The van der Waals surface area contributed by atoms with Crippen molar-refractivity contribution in [2.75, 3.05) is 6.26 Å². The van der Waals surface area contributed by atoms with E-state index in [4.69, 9.17) is 4.74 Å². The third-order valence-corrected chi connectivity index (χ3v) is 10.0. The molecule has 148 valence electrons. The molecule has 0 radical (unpaired) electrons. The van der Waals surface area contributed by atoms with Crippen LogP contribution in [-0.4, -0.2) is 34.6 Å². The van der Waals surface area contributed by atoms with Crippen LogP contribution < -0.4 is 0 Å². The van der Waals surface area contributed by atoms with Crippen LogP contribution in [0.1, 0.15) is 65.7 Å². The number of Topliss-reactive ketones (excluding diaryl/α,β-unsaturated/α-hetero) is 1. The molecule has 6 atom stereocenters. The first kappa shape index (κ1) is 19.2. The van der Waals surface area contributed by atoms with E-state index >= 15 is 0 Å². The molecule has 0 aromatic carbocycles. The number of rotatable bonds is 2. The van der Waals surface area contributed by atoms with E-state index < -0.39 is 4.75 Å². The minimum atomic E-state index is -0.451. The molecule has 0 bridgehead atoms. The Hall–Kier alpha value is -1.10. The molecule has 0 spiro atoms. The Morgan fingerprint density at radius 2 is 1.89 bits per heavy atom. The van der Waals surface area contributed by atoms with E-state index in [1.165, 1.54) is 12.5 Å². The number of fused-ring (bicyclic) bond motifs is 5. The highest BCUT2D eigenvalue weighted by Crippen LogP contribution is 2.69. The van der Waals surface area contributed by atoms with E-state index in [2.05, 4.69) is 20.1 Å². The van der Waals surface area contributed by atoms with Crippen molar-refractivity contribution in [2.24, 2.45) is 22.7 Å². The summed E-state index contributed by atoms with van der Waals surface area (Å²) < 4.78 is 5.22. The summed E-state index contributed by atoms with van der Waals surface area (Å²) in [7, 11) is 0. The minimum Gasteiger partial charge on any atom is -0.462 e. The summed E-state index contributed by atoms with van der Waals surface area (Å²) in [6, 6.07) is 0. The fraction of sp³-hybridized carbons (Fsp3) is 0.773. The summed E-state index contributed by atoms with van der Waals surface area (Å²) in [5.41, 5.74) is 0.700. The number of ketones is 2. The SMILES string of the molecule is CS[C@]12C(=O)C[C@]3(C)[C@H](OC(C)=O)CC[C@H]3[C@@H]1CCC1=CC(=O)CC[C@@]12C. The van der Waals surface area contributed by atoms with Gasteiger partial charge in [-0.1, -0.05) is 19.4 Å². The Labute approximate surface area is 165 Å². The molecule has 27 heavy (non-hydrogen) atoms. The first-order valence-electron chi connectivity index (χ1n) is 10.2. The molecule has 5 heteroatoms. The van der Waals surface area contributed by atoms with E-state index in [0.29, 0.717) is 24.5 Å². The highest BCUT2D eigenvalue weighted by molar-refractivity contribution is 8.00. The van der Waals surface area contributed by atoms with Gasteiger partial charge in [-0.25, -0.2) is 0 Å². The Morgan fingerprint density at radius 1 is 1.15 bits per heavy atom. The average molecular weight is 391 g/mol. The van der Waals surface area contributed by atoms with Crippen LogP contribution in [0.4, 0.5) is 0 Å². The number of ether oxygens (including phenoxy) is 1. The van der Waals surface area contributed by atoms with Gasteiger partial charge in [0, 0.05) is 30.6 Å². The van der Waals surface area contributed by atoms with Crippen molar-refractivity contribution < 1.29 is 19.1 Å². The smallest absolute Gasteiger partial charge is 0.302 e. The van der Waals surface area contributed by atoms with Gasteiger partial charge in [-0.05, 0) is 56.3 Å². The van der Waals surface area contributed by atoms with E-state index in [-0.39, 0.29) is 34.6 Å². The van der Waals surface area contributed by atoms with Crippen LogP contribution in [0.3, 0.4) is 0 Å². The maximum Gasteiger partial charge on any atom is 0.302 e. The van der Waals surface area contributed by atoms with E-state index in [0.717, 1.165) is 32.1 Å². The predicted octanol–water partition coefficient (Wildman–Crippen LogP) is 4.11. The summed E-state index contributed by atoms with van der Waals surface area (Å²) in [6.45, 7) is 5.86. The summed E-state index contributed by atoms with van der Waals surface area (Å²) in [4.78, 5) is 37.5. The molecule has 4 aliphatic carbocycles. The van der Waals surface area contributed by atoms with Crippen LogP contribution in [0.25, 0.3) is 0 Å². The Morgan fingerprint density at radius 3 is 2.56 bits per heavy atom. The molecule has 0 unspecified atom stereocenters. The second-order valence-electron chi connectivity index (χ2n) is 9.44. The number of hydrogen-bond acceptors (Lipinski definition) is 5.